The van der Waals surface area contributed by atoms with Crippen molar-refractivity contribution in [3.63, 3.8) is 0 Å². The molecule has 1 unspecified atom stereocenters. The van der Waals surface area contributed by atoms with E-state index in [1.807, 2.05) is 0 Å². The molecule has 106 valence electrons. The topological polar surface area (TPSA) is 15.3 Å². The Balaban J connectivity index is 2.99. The molecule has 2 nitrogen and oxygen atoms in total. The summed E-state index contributed by atoms with van der Waals surface area (Å²) in [5, 5.41) is 3.55. The largest absolute Gasteiger partial charge is 0.370 e. The van der Waals surface area contributed by atoms with Gasteiger partial charge in [-0.25, -0.2) is 0 Å². The molecule has 1 aromatic rings. The van der Waals surface area contributed by atoms with E-state index in [1.165, 1.54) is 16.8 Å². The minimum Gasteiger partial charge on any atom is -0.370 e. The van der Waals surface area contributed by atoms with E-state index in [1.54, 1.807) is 0 Å². The van der Waals surface area contributed by atoms with Gasteiger partial charge in [0.1, 0.15) is 0 Å². The van der Waals surface area contributed by atoms with Crippen LogP contribution in [0.3, 0.4) is 0 Å². The average Bonchev–Trinajstić information content (AvgIpc) is 2.35. The molecule has 1 N–H and O–H groups in total. The molecular formula is C16H25BrN2. The van der Waals surface area contributed by atoms with Crippen molar-refractivity contribution in [1.82, 2.24) is 5.32 Å². The number of nitrogens with one attached hydrogen (secondary N) is 1. The van der Waals surface area contributed by atoms with Gasteiger partial charge in [-0.15, -0.1) is 0 Å². The van der Waals surface area contributed by atoms with E-state index in [4.69, 9.17) is 0 Å². The van der Waals surface area contributed by atoms with Crippen LogP contribution in [0.15, 0.2) is 34.8 Å². The van der Waals surface area contributed by atoms with Crippen molar-refractivity contribution in [2.45, 2.75) is 33.2 Å². The van der Waals surface area contributed by atoms with E-state index in [-0.39, 0.29) is 0 Å². The second-order valence-electron chi connectivity index (χ2n) is 5.19. The zero-order chi connectivity index (χ0) is 14.4. The standard InChI is InChI=1S/C16H25BrN2/c1-6-9-18-13(4)15-8-7-14(17)10-16(15)19(5)11-12(2)3/h7-8,10,13,18H,2,6,9,11H2,1,3-5H3. The molecule has 0 radical (unpaired) electrons. The summed E-state index contributed by atoms with van der Waals surface area (Å²) >= 11 is 3.56. The molecule has 1 aromatic carbocycles. The first-order valence-corrected chi connectivity index (χ1v) is 7.63. The molecule has 0 aliphatic heterocycles. The molecule has 0 saturated carbocycles. The molecule has 0 aliphatic rings. The summed E-state index contributed by atoms with van der Waals surface area (Å²) in [5.74, 6) is 0. The lowest BCUT2D eigenvalue weighted by atomic mass is 10.0. The molecule has 0 bridgehead atoms. The van der Waals surface area contributed by atoms with Crippen LogP contribution in [0.4, 0.5) is 5.69 Å². The molecule has 0 heterocycles. The molecule has 0 amide bonds. The number of halogens is 1. The lowest BCUT2D eigenvalue weighted by Gasteiger charge is -2.26. The summed E-state index contributed by atoms with van der Waals surface area (Å²) in [7, 11) is 2.12. The smallest absolute Gasteiger partial charge is 0.0426 e. The average molecular weight is 325 g/mol. The van der Waals surface area contributed by atoms with E-state index < -0.39 is 0 Å². The first-order chi connectivity index (χ1) is 8.95. The van der Waals surface area contributed by atoms with Crippen molar-refractivity contribution in [2.24, 2.45) is 0 Å². The highest BCUT2D eigenvalue weighted by Gasteiger charge is 2.13. The van der Waals surface area contributed by atoms with Gasteiger partial charge in [-0.1, -0.05) is 41.1 Å². The molecule has 0 fully saturated rings. The van der Waals surface area contributed by atoms with Crippen LogP contribution in [0.2, 0.25) is 0 Å². The molecule has 1 atom stereocenters. The van der Waals surface area contributed by atoms with Gasteiger partial charge in [0.25, 0.3) is 0 Å². The van der Waals surface area contributed by atoms with Gasteiger partial charge in [0.15, 0.2) is 0 Å². The monoisotopic (exact) mass is 324 g/mol. The highest BCUT2D eigenvalue weighted by Crippen LogP contribution is 2.29. The summed E-state index contributed by atoms with van der Waals surface area (Å²) < 4.78 is 1.11. The number of anilines is 1. The van der Waals surface area contributed by atoms with Crippen LogP contribution in [0.1, 0.15) is 38.8 Å². The van der Waals surface area contributed by atoms with Gasteiger partial charge >= 0.3 is 0 Å². The number of hydrogen-bond acceptors (Lipinski definition) is 2. The fraction of sp³-hybridized carbons (Fsp3) is 0.500. The number of hydrogen-bond donors (Lipinski definition) is 1. The third-order valence-corrected chi connectivity index (χ3v) is 3.57. The van der Waals surface area contributed by atoms with E-state index in [2.05, 4.69) is 78.7 Å². The minimum absolute atomic E-state index is 0.357. The Labute approximate surface area is 126 Å². The molecule has 19 heavy (non-hydrogen) atoms. The van der Waals surface area contributed by atoms with Crippen LogP contribution < -0.4 is 10.2 Å². The minimum atomic E-state index is 0.357. The first-order valence-electron chi connectivity index (χ1n) is 6.84. The maximum atomic E-state index is 4.00. The maximum Gasteiger partial charge on any atom is 0.0426 e. The summed E-state index contributed by atoms with van der Waals surface area (Å²) in [6.07, 6.45) is 1.15. The third kappa shape index (κ3) is 5.00. The highest BCUT2D eigenvalue weighted by molar-refractivity contribution is 9.10. The molecule has 0 aliphatic carbocycles. The van der Waals surface area contributed by atoms with E-state index in [0.717, 1.165) is 24.0 Å². The Morgan fingerprint density at radius 2 is 2.16 bits per heavy atom. The molecule has 1 rings (SSSR count). The SMILES string of the molecule is C=C(C)CN(C)c1cc(Br)ccc1C(C)NCCC. The van der Waals surface area contributed by atoms with Gasteiger partial charge in [-0.3, -0.25) is 0 Å². The second-order valence-corrected chi connectivity index (χ2v) is 6.11. The molecule has 0 saturated heterocycles. The second kappa shape index (κ2) is 7.71. The van der Waals surface area contributed by atoms with Crippen molar-refractivity contribution < 1.29 is 0 Å². The normalized spacial score (nSPS) is 12.3. The van der Waals surface area contributed by atoms with Crippen molar-refractivity contribution >= 4 is 21.6 Å². The highest BCUT2D eigenvalue weighted by atomic mass is 79.9. The Morgan fingerprint density at radius 3 is 2.74 bits per heavy atom. The van der Waals surface area contributed by atoms with Crippen LogP contribution in [-0.2, 0) is 0 Å². The Bertz CT molecular complexity index is 429. The quantitative estimate of drug-likeness (QED) is 0.742. The van der Waals surface area contributed by atoms with Crippen LogP contribution in [0.25, 0.3) is 0 Å². The van der Waals surface area contributed by atoms with Crippen LogP contribution in [0, 0.1) is 0 Å². The van der Waals surface area contributed by atoms with Gasteiger partial charge in [0.05, 0.1) is 0 Å². The van der Waals surface area contributed by atoms with Gasteiger partial charge < -0.3 is 10.2 Å². The van der Waals surface area contributed by atoms with Gasteiger partial charge in [0.2, 0.25) is 0 Å². The maximum absolute atomic E-state index is 4.00. The van der Waals surface area contributed by atoms with Gasteiger partial charge in [0, 0.05) is 29.8 Å². The number of nitrogens with zero attached hydrogens (tertiary/aromatic N) is 1. The summed E-state index contributed by atoms with van der Waals surface area (Å²) in [4.78, 5) is 2.26. The molecule has 0 aromatic heterocycles. The predicted molar refractivity (Wildman–Crippen MR) is 88.9 cm³/mol. The van der Waals surface area contributed by atoms with E-state index in [0.29, 0.717) is 6.04 Å². The van der Waals surface area contributed by atoms with Crippen LogP contribution in [0.5, 0.6) is 0 Å². The zero-order valence-electron chi connectivity index (χ0n) is 12.5. The van der Waals surface area contributed by atoms with Gasteiger partial charge in [-0.05, 0) is 44.5 Å². The van der Waals surface area contributed by atoms with Crippen molar-refractivity contribution in [1.29, 1.82) is 0 Å². The fourth-order valence-electron chi connectivity index (χ4n) is 2.17. The molecule has 0 spiro atoms. The van der Waals surface area contributed by atoms with Crippen molar-refractivity contribution in [3.05, 3.63) is 40.4 Å². The molecular weight excluding hydrogens is 300 g/mol. The fourth-order valence-corrected chi connectivity index (χ4v) is 2.52. The Hall–Kier alpha value is -0.800. The van der Waals surface area contributed by atoms with Gasteiger partial charge in [-0.2, -0.15) is 0 Å². The van der Waals surface area contributed by atoms with Crippen LogP contribution in [-0.4, -0.2) is 20.1 Å². The zero-order valence-corrected chi connectivity index (χ0v) is 14.0. The predicted octanol–water partition coefficient (Wildman–Crippen LogP) is 4.52. The first kappa shape index (κ1) is 16.3. The number of rotatable bonds is 7. The third-order valence-electron chi connectivity index (χ3n) is 3.08. The summed E-state index contributed by atoms with van der Waals surface area (Å²) in [6.45, 7) is 12.4. The Morgan fingerprint density at radius 1 is 1.47 bits per heavy atom. The number of benzene rings is 1. The summed E-state index contributed by atoms with van der Waals surface area (Å²) in [6, 6.07) is 6.84. The Kier molecular flexibility index (Phi) is 6.59. The molecule has 3 heteroatoms. The number of likely N-dealkylation sites (N-methyl/N-ethyl adjacent to an activating group) is 1. The summed E-state index contributed by atoms with van der Waals surface area (Å²) in [5.41, 5.74) is 3.76. The lowest BCUT2D eigenvalue weighted by Crippen LogP contribution is -2.25. The lowest BCUT2D eigenvalue weighted by molar-refractivity contribution is 0.570. The van der Waals surface area contributed by atoms with Crippen molar-refractivity contribution in [3.8, 4) is 0 Å². The van der Waals surface area contributed by atoms with E-state index in [9.17, 15) is 0 Å². The van der Waals surface area contributed by atoms with Crippen molar-refractivity contribution in [2.75, 3.05) is 25.0 Å². The van der Waals surface area contributed by atoms with Crippen LogP contribution >= 0.6 is 15.9 Å². The van der Waals surface area contributed by atoms with E-state index >= 15 is 0 Å².